The van der Waals surface area contributed by atoms with Gasteiger partial charge in [-0.2, -0.15) is 5.10 Å². The Morgan fingerprint density at radius 3 is 2.83 bits per heavy atom. The molecule has 2 fully saturated rings. The minimum atomic E-state index is -0.542. The molecule has 2 aliphatic rings. The van der Waals surface area contributed by atoms with Crippen molar-refractivity contribution in [1.29, 1.82) is 0 Å². The smallest absolute Gasteiger partial charge is 0.323 e. The van der Waals surface area contributed by atoms with Crippen molar-refractivity contribution in [3.63, 3.8) is 0 Å². The molecule has 130 valence electrons. The standard InChI is InChI=1S/C17H24N4O3/c1-11-8-14(20-19-12(11)2)18-16(23)21-9-13-6-4-5-7-17(13,10-21)15(22)24-3/h8,13H,4-7,9-10H2,1-3H3,(H,18,20,23)/t13-,17-/m1/s1. The van der Waals surface area contributed by atoms with Crippen molar-refractivity contribution < 1.29 is 14.3 Å². The minimum Gasteiger partial charge on any atom is -0.469 e. The first-order valence-electron chi connectivity index (χ1n) is 8.41. The number of anilines is 1. The Morgan fingerprint density at radius 1 is 1.33 bits per heavy atom. The maximum absolute atomic E-state index is 12.6. The van der Waals surface area contributed by atoms with E-state index in [2.05, 4.69) is 15.5 Å². The van der Waals surface area contributed by atoms with Gasteiger partial charge in [0.25, 0.3) is 0 Å². The first-order valence-corrected chi connectivity index (χ1v) is 8.41. The van der Waals surface area contributed by atoms with Crippen LogP contribution in [0.5, 0.6) is 0 Å². The number of fused-ring (bicyclic) bond motifs is 1. The van der Waals surface area contributed by atoms with Gasteiger partial charge in [-0.05, 0) is 44.2 Å². The van der Waals surface area contributed by atoms with Crippen LogP contribution >= 0.6 is 0 Å². The molecule has 1 aliphatic carbocycles. The number of hydrogen-bond donors (Lipinski definition) is 1. The summed E-state index contributed by atoms with van der Waals surface area (Å²) < 4.78 is 5.05. The molecule has 1 saturated heterocycles. The Balaban J connectivity index is 1.74. The number of likely N-dealkylation sites (tertiary alicyclic amines) is 1. The molecule has 1 aliphatic heterocycles. The summed E-state index contributed by atoms with van der Waals surface area (Å²) in [6.45, 7) is 4.79. The zero-order chi connectivity index (χ0) is 17.3. The average molecular weight is 332 g/mol. The van der Waals surface area contributed by atoms with E-state index in [-0.39, 0.29) is 17.9 Å². The fourth-order valence-corrected chi connectivity index (χ4v) is 3.94. The molecule has 7 heteroatoms. The number of rotatable bonds is 2. The van der Waals surface area contributed by atoms with Crippen molar-refractivity contribution in [3.05, 3.63) is 17.3 Å². The van der Waals surface area contributed by atoms with Crippen LogP contribution in [0, 0.1) is 25.2 Å². The van der Waals surface area contributed by atoms with E-state index >= 15 is 0 Å². The van der Waals surface area contributed by atoms with Crippen LogP contribution < -0.4 is 5.32 Å². The third-order valence-corrected chi connectivity index (χ3v) is 5.47. The molecule has 0 spiro atoms. The maximum Gasteiger partial charge on any atom is 0.323 e. The molecular formula is C17H24N4O3. The monoisotopic (exact) mass is 332 g/mol. The van der Waals surface area contributed by atoms with Crippen molar-refractivity contribution in [2.24, 2.45) is 11.3 Å². The Morgan fingerprint density at radius 2 is 2.12 bits per heavy atom. The van der Waals surface area contributed by atoms with E-state index in [0.29, 0.717) is 18.9 Å². The Bertz CT molecular complexity index is 663. The largest absolute Gasteiger partial charge is 0.469 e. The highest BCUT2D eigenvalue weighted by Gasteiger charge is 2.54. The van der Waals surface area contributed by atoms with Gasteiger partial charge in [0.1, 0.15) is 0 Å². The highest BCUT2D eigenvalue weighted by atomic mass is 16.5. The van der Waals surface area contributed by atoms with Gasteiger partial charge in [0.2, 0.25) is 0 Å². The Hall–Kier alpha value is -2.18. The van der Waals surface area contributed by atoms with Gasteiger partial charge in [-0.25, -0.2) is 4.79 Å². The van der Waals surface area contributed by atoms with Crippen LogP contribution in [0.25, 0.3) is 0 Å². The van der Waals surface area contributed by atoms with Crippen LogP contribution in [0.4, 0.5) is 10.6 Å². The quantitative estimate of drug-likeness (QED) is 0.840. The molecule has 2 heterocycles. The van der Waals surface area contributed by atoms with E-state index in [0.717, 1.165) is 36.9 Å². The van der Waals surface area contributed by atoms with Gasteiger partial charge < -0.3 is 9.64 Å². The average Bonchev–Trinajstić information content (AvgIpc) is 2.98. The predicted molar refractivity (Wildman–Crippen MR) is 88.5 cm³/mol. The van der Waals surface area contributed by atoms with Crippen LogP contribution in [0.2, 0.25) is 0 Å². The zero-order valence-electron chi connectivity index (χ0n) is 14.5. The second-order valence-corrected chi connectivity index (χ2v) is 6.90. The number of carbonyl (C=O) groups excluding carboxylic acids is 2. The summed E-state index contributed by atoms with van der Waals surface area (Å²) >= 11 is 0. The summed E-state index contributed by atoms with van der Waals surface area (Å²) in [5.74, 6) is 0.425. The molecule has 0 bridgehead atoms. The first kappa shape index (κ1) is 16.7. The van der Waals surface area contributed by atoms with Crippen LogP contribution in [0.1, 0.15) is 36.9 Å². The van der Waals surface area contributed by atoms with Crippen molar-refractivity contribution in [2.45, 2.75) is 39.5 Å². The molecule has 7 nitrogen and oxygen atoms in total. The van der Waals surface area contributed by atoms with E-state index in [9.17, 15) is 9.59 Å². The summed E-state index contributed by atoms with van der Waals surface area (Å²) in [5, 5.41) is 10.8. The highest BCUT2D eigenvalue weighted by molar-refractivity contribution is 5.90. The fourth-order valence-electron chi connectivity index (χ4n) is 3.94. The van der Waals surface area contributed by atoms with Crippen LogP contribution in [-0.2, 0) is 9.53 Å². The van der Waals surface area contributed by atoms with Gasteiger partial charge >= 0.3 is 12.0 Å². The maximum atomic E-state index is 12.6. The van der Waals surface area contributed by atoms with Gasteiger partial charge in [0.15, 0.2) is 5.82 Å². The fraction of sp³-hybridized carbons (Fsp3) is 0.647. The third-order valence-electron chi connectivity index (χ3n) is 5.47. The topological polar surface area (TPSA) is 84.4 Å². The normalized spacial score (nSPS) is 26.0. The number of aryl methyl sites for hydroxylation is 2. The molecule has 2 amide bonds. The number of carbonyl (C=O) groups is 2. The number of ether oxygens (including phenoxy) is 1. The van der Waals surface area contributed by atoms with Crippen molar-refractivity contribution in [2.75, 3.05) is 25.5 Å². The van der Waals surface area contributed by atoms with Crippen molar-refractivity contribution >= 4 is 17.8 Å². The number of aromatic nitrogens is 2. The van der Waals surface area contributed by atoms with Gasteiger partial charge in [-0.15, -0.1) is 5.10 Å². The predicted octanol–water partition coefficient (Wildman–Crippen LogP) is 2.29. The number of nitrogens with zero attached hydrogens (tertiary/aromatic N) is 3. The zero-order valence-corrected chi connectivity index (χ0v) is 14.5. The summed E-state index contributed by atoms with van der Waals surface area (Å²) in [7, 11) is 1.43. The molecule has 1 N–H and O–H groups in total. The van der Waals surface area contributed by atoms with Crippen LogP contribution in [-0.4, -0.2) is 47.3 Å². The lowest BCUT2D eigenvalue weighted by Crippen LogP contribution is -2.42. The number of nitrogens with one attached hydrogen (secondary N) is 1. The Kier molecular flexibility index (Phi) is 4.43. The lowest BCUT2D eigenvalue weighted by Gasteiger charge is -2.35. The van der Waals surface area contributed by atoms with Gasteiger partial charge in [0.05, 0.1) is 18.2 Å². The summed E-state index contributed by atoms with van der Waals surface area (Å²) in [6, 6.07) is 1.57. The first-order chi connectivity index (χ1) is 11.5. The molecule has 0 radical (unpaired) electrons. The number of amides is 2. The molecule has 0 unspecified atom stereocenters. The summed E-state index contributed by atoms with van der Waals surface area (Å²) in [6.07, 6.45) is 3.85. The SMILES string of the molecule is COC(=O)[C@@]12CCCC[C@@H]1CN(C(=O)Nc1cc(C)c(C)nn1)C2. The van der Waals surface area contributed by atoms with E-state index in [1.54, 1.807) is 11.0 Å². The molecule has 3 rings (SSSR count). The number of urea groups is 1. The summed E-state index contributed by atoms with van der Waals surface area (Å²) in [5.41, 5.74) is 1.27. The van der Waals surface area contributed by atoms with E-state index in [1.165, 1.54) is 7.11 Å². The molecule has 1 aromatic rings. The number of hydrogen-bond acceptors (Lipinski definition) is 5. The second kappa shape index (κ2) is 6.37. The van der Waals surface area contributed by atoms with Gasteiger partial charge in [-0.3, -0.25) is 10.1 Å². The summed E-state index contributed by atoms with van der Waals surface area (Å²) in [4.78, 5) is 26.7. The van der Waals surface area contributed by atoms with E-state index in [4.69, 9.17) is 4.74 Å². The molecule has 24 heavy (non-hydrogen) atoms. The molecule has 0 aromatic carbocycles. The molecular weight excluding hydrogens is 308 g/mol. The molecule has 2 atom stereocenters. The molecule has 1 saturated carbocycles. The Labute approximate surface area is 141 Å². The lowest BCUT2D eigenvalue weighted by molar-refractivity contribution is -0.156. The van der Waals surface area contributed by atoms with Crippen molar-refractivity contribution in [1.82, 2.24) is 15.1 Å². The number of methoxy groups -OCH3 is 1. The molecule has 1 aromatic heterocycles. The third kappa shape index (κ3) is 2.83. The van der Waals surface area contributed by atoms with Crippen LogP contribution in [0.15, 0.2) is 6.07 Å². The van der Waals surface area contributed by atoms with Crippen LogP contribution in [0.3, 0.4) is 0 Å². The minimum absolute atomic E-state index is 0.176. The highest BCUT2D eigenvalue weighted by Crippen LogP contribution is 2.47. The number of esters is 1. The van der Waals surface area contributed by atoms with Gasteiger partial charge in [-0.1, -0.05) is 12.8 Å². The van der Waals surface area contributed by atoms with E-state index < -0.39 is 5.41 Å². The second-order valence-electron chi connectivity index (χ2n) is 6.90. The van der Waals surface area contributed by atoms with E-state index in [1.807, 2.05) is 13.8 Å². The lowest BCUT2D eigenvalue weighted by atomic mass is 9.68. The van der Waals surface area contributed by atoms with Crippen molar-refractivity contribution in [3.8, 4) is 0 Å². The van der Waals surface area contributed by atoms with Gasteiger partial charge in [0, 0.05) is 13.1 Å².